The number of fused-ring (bicyclic) bond motifs is 1. The Kier molecular flexibility index (Phi) is 3.09. The molecule has 88 valence electrons. The zero-order chi connectivity index (χ0) is 11.1. The third-order valence-electron chi connectivity index (χ3n) is 3.95. The molecule has 3 atom stereocenters. The molecule has 0 bridgehead atoms. The van der Waals surface area contributed by atoms with E-state index in [0.717, 1.165) is 25.4 Å². The van der Waals surface area contributed by atoms with Crippen molar-refractivity contribution < 1.29 is 5.11 Å². The quantitative estimate of drug-likeness (QED) is 0.908. The number of aliphatic hydroxyl groups is 1. The van der Waals surface area contributed by atoms with E-state index in [0.29, 0.717) is 5.92 Å². The molecule has 1 saturated carbocycles. The van der Waals surface area contributed by atoms with Gasteiger partial charge in [0.05, 0.1) is 6.10 Å². The Morgan fingerprint density at radius 3 is 3.00 bits per heavy atom. The van der Waals surface area contributed by atoms with Gasteiger partial charge in [-0.2, -0.15) is 0 Å². The first-order chi connectivity index (χ1) is 7.74. The summed E-state index contributed by atoms with van der Waals surface area (Å²) in [4.78, 5) is 3.91. The number of nitrogens with zero attached hydrogens (tertiary/aromatic N) is 1. The summed E-state index contributed by atoms with van der Waals surface area (Å²) in [7, 11) is 0. The second-order valence-corrected chi connectivity index (χ2v) is 6.81. The monoisotopic (exact) mass is 301 g/mol. The molecule has 2 heterocycles. The van der Waals surface area contributed by atoms with Crippen LogP contribution in [0.25, 0.3) is 0 Å². The van der Waals surface area contributed by atoms with Gasteiger partial charge < -0.3 is 5.11 Å². The van der Waals surface area contributed by atoms with E-state index in [4.69, 9.17) is 0 Å². The van der Waals surface area contributed by atoms with E-state index in [1.165, 1.54) is 22.3 Å². The van der Waals surface area contributed by atoms with Gasteiger partial charge in [0.1, 0.15) is 0 Å². The molecule has 4 heteroatoms. The van der Waals surface area contributed by atoms with Crippen LogP contribution in [0.3, 0.4) is 0 Å². The first-order valence-electron chi connectivity index (χ1n) is 5.86. The third-order valence-corrected chi connectivity index (χ3v) is 5.86. The van der Waals surface area contributed by atoms with Crippen LogP contribution in [-0.2, 0) is 6.54 Å². The Morgan fingerprint density at radius 1 is 1.44 bits per heavy atom. The molecule has 2 fully saturated rings. The number of likely N-dealkylation sites (tertiary alicyclic amines) is 1. The summed E-state index contributed by atoms with van der Waals surface area (Å²) in [5.74, 6) is 1.28. The fourth-order valence-corrected chi connectivity index (χ4v) is 4.62. The lowest BCUT2D eigenvalue weighted by atomic mass is 10.00. The van der Waals surface area contributed by atoms with E-state index >= 15 is 0 Å². The summed E-state index contributed by atoms with van der Waals surface area (Å²) in [5, 5.41) is 12.0. The van der Waals surface area contributed by atoms with Gasteiger partial charge in [0.15, 0.2) is 0 Å². The van der Waals surface area contributed by atoms with Crippen molar-refractivity contribution in [1.82, 2.24) is 4.90 Å². The molecular weight excluding hydrogens is 286 g/mol. The fourth-order valence-electron chi connectivity index (χ4n) is 3.10. The van der Waals surface area contributed by atoms with E-state index < -0.39 is 0 Å². The smallest absolute Gasteiger partial charge is 0.0583 e. The summed E-state index contributed by atoms with van der Waals surface area (Å²) in [6, 6.07) is 2.12. The second kappa shape index (κ2) is 4.41. The zero-order valence-corrected chi connectivity index (χ0v) is 11.5. The van der Waals surface area contributed by atoms with E-state index in [9.17, 15) is 5.11 Å². The average Bonchev–Trinajstić information content (AvgIpc) is 2.90. The SMILES string of the molecule is OC1CCC2CN(Cc3sccc3Br)CC12. The minimum Gasteiger partial charge on any atom is -0.393 e. The van der Waals surface area contributed by atoms with Crippen LogP contribution < -0.4 is 0 Å². The maximum absolute atomic E-state index is 9.86. The Balaban J connectivity index is 1.65. The number of hydrogen-bond donors (Lipinski definition) is 1. The third kappa shape index (κ3) is 1.96. The molecule has 2 nitrogen and oxygen atoms in total. The van der Waals surface area contributed by atoms with E-state index in [1.54, 1.807) is 0 Å². The predicted octanol–water partition coefficient (Wildman–Crippen LogP) is 2.71. The molecule has 1 aliphatic carbocycles. The van der Waals surface area contributed by atoms with Gasteiger partial charge in [-0.05, 0) is 46.1 Å². The molecule has 0 radical (unpaired) electrons. The van der Waals surface area contributed by atoms with Crippen molar-refractivity contribution in [2.45, 2.75) is 25.5 Å². The van der Waals surface area contributed by atoms with Crippen LogP contribution in [0.4, 0.5) is 0 Å². The summed E-state index contributed by atoms with van der Waals surface area (Å²) in [6.07, 6.45) is 2.20. The zero-order valence-electron chi connectivity index (χ0n) is 9.10. The van der Waals surface area contributed by atoms with Gasteiger partial charge in [0.25, 0.3) is 0 Å². The molecule has 0 amide bonds. The molecule has 1 aromatic rings. The Bertz CT molecular complexity index is 381. The van der Waals surface area contributed by atoms with Gasteiger partial charge in [-0.15, -0.1) is 11.3 Å². The molecule has 16 heavy (non-hydrogen) atoms. The highest BCUT2D eigenvalue weighted by molar-refractivity contribution is 9.10. The van der Waals surface area contributed by atoms with Crippen molar-refractivity contribution in [2.75, 3.05) is 13.1 Å². The fraction of sp³-hybridized carbons (Fsp3) is 0.667. The number of hydrogen-bond acceptors (Lipinski definition) is 3. The highest BCUT2D eigenvalue weighted by Crippen LogP contribution is 2.39. The van der Waals surface area contributed by atoms with E-state index in [2.05, 4.69) is 32.3 Å². The summed E-state index contributed by atoms with van der Waals surface area (Å²) in [5.41, 5.74) is 0. The van der Waals surface area contributed by atoms with Crippen molar-refractivity contribution in [2.24, 2.45) is 11.8 Å². The van der Waals surface area contributed by atoms with E-state index in [-0.39, 0.29) is 6.10 Å². The molecule has 1 aliphatic heterocycles. The molecule has 0 aromatic carbocycles. The summed E-state index contributed by atoms with van der Waals surface area (Å²) in [6.45, 7) is 3.29. The molecule has 3 unspecified atom stereocenters. The lowest BCUT2D eigenvalue weighted by molar-refractivity contribution is 0.123. The normalized spacial score (nSPS) is 34.5. The minimum absolute atomic E-state index is 0.0400. The molecule has 1 saturated heterocycles. The van der Waals surface area contributed by atoms with Gasteiger partial charge in [-0.3, -0.25) is 4.90 Å². The molecule has 2 aliphatic rings. The number of rotatable bonds is 2. The molecule has 1 N–H and O–H groups in total. The summed E-state index contributed by atoms with van der Waals surface area (Å²) >= 11 is 5.40. The number of halogens is 1. The first-order valence-corrected chi connectivity index (χ1v) is 7.53. The van der Waals surface area contributed by atoms with Crippen LogP contribution >= 0.6 is 27.3 Å². The van der Waals surface area contributed by atoms with Crippen LogP contribution in [0.2, 0.25) is 0 Å². The van der Waals surface area contributed by atoms with Gasteiger partial charge in [0, 0.05) is 34.9 Å². The van der Waals surface area contributed by atoms with Crippen LogP contribution in [-0.4, -0.2) is 29.2 Å². The lowest BCUT2D eigenvalue weighted by Gasteiger charge is -2.17. The van der Waals surface area contributed by atoms with Gasteiger partial charge >= 0.3 is 0 Å². The molecule has 0 spiro atoms. The molecular formula is C12H16BrNOS. The van der Waals surface area contributed by atoms with Crippen molar-refractivity contribution in [3.8, 4) is 0 Å². The lowest BCUT2D eigenvalue weighted by Crippen LogP contribution is -2.24. The van der Waals surface area contributed by atoms with Crippen LogP contribution in [0.15, 0.2) is 15.9 Å². The van der Waals surface area contributed by atoms with Crippen molar-refractivity contribution in [3.63, 3.8) is 0 Å². The Hall–Kier alpha value is 0.100. The van der Waals surface area contributed by atoms with Crippen molar-refractivity contribution >= 4 is 27.3 Å². The highest BCUT2D eigenvalue weighted by atomic mass is 79.9. The maximum Gasteiger partial charge on any atom is 0.0583 e. The van der Waals surface area contributed by atoms with Crippen LogP contribution in [0.5, 0.6) is 0 Å². The van der Waals surface area contributed by atoms with E-state index in [1.807, 2.05) is 11.3 Å². The predicted molar refractivity (Wildman–Crippen MR) is 69.5 cm³/mol. The minimum atomic E-state index is -0.0400. The number of thiophene rings is 1. The van der Waals surface area contributed by atoms with Gasteiger partial charge in [-0.1, -0.05) is 0 Å². The standard InChI is InChI=1S/C12H16BrNOS/c13-10-3-4-16-12(10)7-14-5-8-1-2-11(15)9(8)6-14/h3-4,8-9,11,15H,1-2,5-7H2. The largest absolute Gasteiger partial charge is 0.393 e. The van der Waals surface area contributed by atoms with Crippen molar-refractivity contribution in [3.05, 3.63) is 20.8 Å². The maximum atomic E-state index is 9.86. The topological polar surface area (TPSA) is 23.5 Å². The van der Waals surface area contributed by atoms with Crippen molar-refractivity contribution in [1.29, 1.82) is 0 Å². The Labute approximate surface area is 108 Å². The Morgan fingerprint density at radius 2 is 2.31 bits per heavy atom. The van der Waals surface area contributed by atoms with Gasteiger partial charge in [0.2, 0.25) is 0 Å². The second-order valence-electron chi connectivity index (χ2n) is 4.95. The van der Waals surface area contributed by atoms with Crippen LogP contribution in [0.1, 0.15) is 17.7 Å². The average molecular weight is 302 g/mol. The highest BCUT2D eigenvalue weighted by Gasteiger charge is 2.41. The molecule has 3 rings (SSSR count). The molecule has 1 aromatic heterocycles. The van der Waals surface area contributed by atoms with Crippen LogP contribution in [0, 0.1) is 11.8 Å². The summed E-state index contributed by atoms with van der Waals surface area (Å²) < 4.78 is 1.23. The first kappa shape index (κ1) is 11.2. The number of aliphatic hydroxyl groups excluding tert-OH is 1. The van der Waals surface area contributed by atoms with Gasteiger partial charge in [-0.25, -0.2) is 0 Å².